The molecule has 0 aliphatic rings. The van der Waals surface area contributed by atoms with Crippen molar-refractivity contribution in [2.24, 2.45) is 10.2 Å². The first-order valence-electron chi connectivity index (χ1n) is 13.3. The van der Waals surface area contributed by atoms with Crippen molar-refractivity contribution >= 4 is 81.5 Å². The van der Waals surface area contributed by atoms with Gasteiger partial charge in [-0.05, 0) is 78.9 Å². The highest BCUT2D eigenvalue weighted by molar-refractivity contribution is 7.86. The molecule has 0 fully saturated rings. The molecule has 0 amide bonds. The van der Waals surface area contributed by atoms with Crippen LogP contribution >= 0.6 is 0 Å². The van der Waals surface area contributed by atoms with E-state index in [4.69, 9.17) is 5.73 Å². The number of nitrogens with two attached hydrogens (primary N) is 1. The lowest BCUT2D eigenvalue weighted by Crippen LogP contribution is -2.10. The van der Waals surface area contributed by atoms with Crippen molar-refractivity contribution in [3.05, 3.63) is 71.8 Å². The smallest absolute Gasteiger partial charge is 0.315 e. The van der Waals surface area contributed by atoms with Crippen molar-refractivity contribution in [1.82, 2.24) is 15.0 Å². The summed E-state index contributed by atoms with van der Waals surface area (Å²) in [7, 11) is -14.8. The maximum atomic E-state index is 14.4. The summed E-state index contributed by atoms with van der Waals surface area (Å²) in [6, 6.07) is 10.1. The minimum Gasteiger partial charge on any atom is -0.507 e. The third kappa shape index (κ3) is 7.69. The molecule has 0 atom stereocenters. The molecule has 0 aliphatic heterocycles. The SMILES string of the molecule is Cc1cc(O)c2c(N=Nc3ccc(Nc4nc(F)nc(Nc5cc(S(=O)(=O)O)ccc5S(=O)(=O)O)n4)cc3S(=O)(=O)O)c(N)c(C)cc2c1. The van der Waals surface area contributed by atoms with Gasteiger partial charge < -0.3 is 21.5 Å². The number of halogens is 1. The highest BCUT2D eigenvalue weighted by atomic mass is 32.2. The van der Waals surface area contributed by atoms with E-state index in [9.17, 15) is 48.4 Å². The number of nitrogen functional groups attached to an aromatic ring is 1. The van der Waals surface area contributed by atoms with Crippen molar-refractivity contribution in [2.75, 3.05) is 16.4 Å². The number of nitrogens with zero attached hydrogens (tertiary/aromatic N) is 5. The summed E-state index contributed by atoms with van der Waals surface area (Å²) in [5.41, 5.74) is 6.55. The molecule has 22 heteroatoms. The zero-order chi connectivity index (χ0) is 36.1. The Balaban J connectivity index is 1.52. The Morgan fingerprint density at radius 2 is 1.41 bits per heavy atom. The average Bonchev–Trinajstić information content (AvgIpc) is 2.96. The second kappa shape index (κ2) is 12.6. The number of nitrogens with one attached hydrogen (secondary N) is 2. The number of aryl methyl sites for hydroxylation is 2. The number of fused-ring (bicyclic) bond motifs is 1. The lowest BCUT2D eigenvalue weighted by molar-refractivity contribution is 0.479. The van der Waals surface area contributed by atoms with Gasteiger partial charge in [0, 0.05) is 5.69 Å². The summed E-state index contributed by atoms with van der Waals surface area (Å²) in [5, 5.41) is 24.2. The molecule has 5 aromatic rings. The van der Waals surface area contributed by atoms with E-state index in [0.717, 1.165) is 17.7 Å². The van der Waals surface area contributed by atoms with Gasteiger partial charge in [0.15, 0.2) is 0 Å². The number of phenols is 1. The highest BCUT2D eigenvalue weighted by Crippen LogP contribution is 2.42. The van der Waals surface area contributed by atoms with Gasteiger partial charge in [0.25, 0.3) is 30.4 Å². The molecule has 0 saturated heterocycles. The van der Waals surface area contributed by atoms with Crippen LogP contribution in [0.2, 0.25) is 0 Å². The van der Waals surface area contributed by atoms with Crippen LogP contribution in [0, 0.1) is 19.9 Å². The Morgan fingerprint density at radius 3 is 2.04 bits per heavy atom. The molecule has 8 N–H and O–H groups in total. The fraction of sp³-hybridized carbons (Fsp3) is 0.0741. The van der Waals surface area contributed by atoms with Crippen molar-refractivity contribution in [3.63, 3.8) is 0 Å². The molecule has 1 aromatic heterocycles. The molecule has 256 valence electrons. The van der Waals surface area contributed by atoms with Crippen LogP contribution in [0.5, 0.6) is 5.75 Å². The fourth-order valence-corrected chi connectivity index (χ4v) is 6.38. The molecule has 0 spiro atoms. The molecular formula is C27H23FN8O10S3. The molecule has 18 nitrogen and oxygen atoms in total. The maximum absolute atomic E-state index is 14.4. The van der Waals surface area contributed by atoms with E-state index in [-0.39, 0.29) is 33.9 Å². The fourth-order valence-electron chi connectivity index (χ4n) is 4.59. The Morgan fingerprint density at radius 1 is 0.755 bits per heavy atom. The van der Waals surface area contributed by atoms with Gasteiger partial charge >= 0.3 is 6.08 Å². The zero-order valence-corrected chi connectivity index (χ0v) is 27.3. The molecule has 49 heavy (non-hydrogen) atoms. The highest BCUT2D eigenvalue weighted by Gasteiger charge is 2.22. The van der Waals surface area contributed by atoms with Crippen LogP contribution in [0.1, 0.15) is 11.1 Å². The van der Waals surface area contributed by atoms with E-state index >= 15 is 0 Å². The van der Waals surface area contributed by atoms with E-state index in [2.05, 4.69) is 35.8 Å². The van der Waals surface area contributed by atoms with E-state index in [0.29, 0.717) is 29.1 Å². The van der Waals surface area contributed by atoms with Gasteiger partial charge in [-0.2, -0.15) is 44.6 Å². The van der Waals surface area contributed by atoms with E-state index < -0.39 is 68.7 Å². The first kappa shape index (κ1) is 34.9. The topological polar surface area (TPSA) is 297 Å². The summed E-state index contributed by atoms with van der Waals surface area (Å²) in [4.78, 5) is 8.12. The average molecular weight is 735 g/mol. The van der Waals surface area contributed by atoms with Gasteiger partial charge in [0.1, 0.15) is 26.9 Å². The van der Waals surface area contributed by atoms with Gasteiger partial charge in [-0.1, -0.05) is 6.07 Å². The molecule has 0 bridgehead atoms. The van der Waals surface area contributed by atoms with Gasteiger partial charge in [0.2, 0.25) is 11.9 Å². The Labute approximate surface area is 276 Å². The molecule has 4 aromatic carbocycles. The summed E-state index contributed by atoms with van der Waals surface area (Å²) in [6.07, 6.45) is -1.46. The van der Waals surface area contributed by atoms with Crippen molar-refractivity contribution < 1.29 is 48.4 Å². The normalized spacial score (nSPS) is 12.4. The van der Waals surface area contributed by atoms with Crippen molar-refractivity contribution in [2.45, 2.75) is 28.5 Å². The quantitative estimate of drug-likeness (QED) is 0.0612. The Hall–Kier alpha value is -5.39. The molecule has 0 aliphatic carbocycles. The molecule has 0 saturated carbocycles. The molecule has 1 heterocycles. The van der Waals surface area contributed by atoms with Crippen LogP contribution in [0.4, 0.5) is 44.7 Å². The molecule has 5 rings (SSSR count). The number of anilines is 5. The Kier molecular flexibility index (Phi) is 8.96. The third-order valence-electron chi connectivity index (χ3n) is 6.71. The molecule has 0 radical (unpaired) electrons. The zero-order valence-electron chi connectivity index (χ0n) is 24.9. The third-order valence-corrected chi connectivity index (χ3v) is 9.36. The van der Waals surface area contributed by atoms with Gasteiger partial charge in [-0.25, -0.2) is 0 Å². The molecule has 0 unspecified atom stereocenters. The van der Waals surface area contributed by atoms with Crippen LogP contribution < -0.4 is 16.4 Å². The van der Waals surface area contributed by atoms with E-state index in [1.165, 1.54) is 12.1 Å². The number of rotatable bonds is 9. The first-order chi connectivity index (χ1) is 22.7. The number of benzene rings is 4. The predicted octanol–water partition coefficient (Wildman–Crippen LogP) is 4.71. The molecular weight excluding hydrogens is 712 g/mol. The van der Waals surface area contributed by atoms with Crippen LogP contribution in [0.15, 0.2) is 79.5 Å². The van der Waals surface area contributed by atoms with Crippen LogP contribution in [-0.4, -0.2) is 59.0 Å². The van der Waals surface area contributed by atoms with E-state index in [1.807, 2.05) is 0 Å². The summed E-state index contributed by atoms with van der Waals surface area (Å²) < 4.78 is 115. The summed E-state index contributed by atoms with van der Waals surface area (Å²) >= 11 is 0. The van der Waals surface area contributed by atoms with Gasteiger partial charge in [0.05, 0.1) is 21.7 Å². The largest absolute Gasteiger partial charge is 0.507 e. The predicted molar refractivity (Wildman–Crippen MR) is 172 cm³/mol. The Bertz CT molecular complexity index is 2550. The number of hydrogen-bond acceptors (Lipinski definition) is 15. The second-order valence-corrected chi connectivity index (χ2v) is 14.5. The van der Waals surface area contributed by atoms with E-state index in [1.54, 1.807) is 26.0 Å². The van der Waals surface area contributed by atoms with Crippen LogP contribution in [0.25, 0.3) is 10.8 Å². The second-order valence-electron chi connectivity index (χ2n) is 10.3. The summed E-state index contributed by atoms with van der Waals surface area (Å²) in [5.74, 6) is -1.48. The van der Waals surface area contributed by atoms with Crippen LogP contribution in [0.3, 0.4) is 0 Å². The lowest BCUT2D eigenvalue weighted by Gasteiger charge is -2.12. The van der Waals surface area contributed by atoms with Crippen molar-refractivity contribution in [3.8, 4) is 5.75 Å². The van der Waals surface area contributed by atoms with Gasteiger partial charge in [-0.15, -0.1) is 10.2 Å². The van der Waals surface area contributed by atoms with Gasteiger partial charge in [-0.3, -0.25) is 13.7 Å². The minimum absolute atomic E-state index is 0.0379. The lowest BCUT2D eigenvalue weighted by atomic mass is 10.0. The summed E-state index contributed by atoms with van der Waals surface area (Å²) in [6.45, 7) is 3.47. The number of phenolic OH excluding ortho intramolecular Hbond substituents is 1. The van der Waals surface area contributed by atoms with Crippen molar-refractivity contribution in [1.29, 1.82) is 0 Å². The minimum atomic E-state index is -4.99. The monoisotopic (exact) mass is 734 g/mol. The number of aromatic hydroxyl groups is 1. The van der Waals surface area contributed by atoms with Crippen LogP contribution in [-0.2, 0) is 30.4 Å². The number of azo groups is 1. The standard InChI is InChI=1S/C27H23FN8O10S3/c1-12-7-14-9-13(2)23(29)24(22(14)19(37)8-12)36-35-17-5-3-15(10-21(17)49(44,45)46)30-26-32-25(28)33-27(34-26)31-18-11-16(47(38,39)40)4-6-20(18)48(41,42)43/h3-11,37H,29H2,1-2H3,(H,38,39,40)(H,41,42,43)(H,44,45,46)(H2,30,31,32,33,34). The maximum Gasteiger partial charge on any atom is 0.315 e. The first-order valence-corrected chi connectivity index (χ1v) is 17.6. The number of hydrogen-bond donors (Lipinski definition) is 7. The number of aromatic nitrogens is 3.